The summed E-state index contributed by atoms with van der Waals surface area (Å²) < 4.78 is 12.1. The van der Waals surface area contributed by atoms with Gasteiger partial charge in [0.15, 0.2) is 0 Å². The van der Waals surface area contributed by atoms with Crippen LogP contribution < -0.4 is 4.74 Å². The first-order chi connectivity index (χ1) is 7.19. The maximum absolute atomic E-state index is 5.84. The Morgan fingerprint density at radius 1 is 1.27 bits per heavy atom. The van der Waals surface area contributed by atoms with Gasteiger partial charge in [-0.2, -0.15) is 0 Å². The van der Waals surface area contributed by atoms with Crippen LogP contribution in [0.3, 0.4) is 0 Å². The van der Waals surface area contributed by atoms with Crippen molar-refractivity contribution in [2.24, 2.45) is 0 Å². The molecule has 1 atom stereocenters. The molecular weight excluding hydrogens is 303 g/mol. The maximum atomic E-state index is 5.84. The monoisotopic (exact) mass is 320 g/mol. The lowest BCUT2D eigenvalue weighted by Gasteiger charge is -2.20. The van der Waals surface area contributed by atoms with Crippen molar-refractivity contribution in [1.82, 2.24) is 0 Å². The highest BCUT2D eigenvalue weighted by Crippen LogP contribution is 2.29. The van der Waals surface area contributed by atoms with E-state index in [2.05, 4.69) is 42.5 Å². The molecule has 0 heterocycles. The molecular formula is C12H17IO2. The van der Waals surface area contributed by atoms with E-state index in [1.54, 1.807) is 7.11 Å². The van der Waals surface area contributed by atoms with Crippen molar-refractivity contribution in [2.45, 2.75) is 26.1 Å². The van der Waals surface area contributed by atoms with Crippen molar-refractivity contribution in [3.8, 4) is 5.75 Å². The minimum Gasteiger partial charge on any atom is -0.496 e. The Morgan fingerprint density at radius 3 is 2.47 bits per heavy atom. The molecule has 0 bridgehead atoms. The minimum atomic E-state index is 0.113. The van der Waals surface area contributed by atoms with Crippen molar-refractivity contribution in [3.63, 3.8) is 0 Å². The standard InChI is InChI=1S/C12H17IO2/c1-9(2)15-12(8-13)10-6-4-5-7-11(10)14-3/h4-7,9,12H,8H2,1-3H3. The summed E-state index contributed by atoms with van der Waals surface area (Å²) in [6.45, 7) is 4.10. The van der Waals surface area contributed by atoms with E-state index in [9.17, 15) is 0 Å². The highest BCUT2D eigenvalue weighted by molar-refractivity contribution is 14.1. The molecule has 1 aromatic rings. The van der Waals surface area contributed by atoms with Crippen molar-refractivity contribution >= 4 is 22.6 Å². The molecule has 1 unspecified atom stereocenters. The average Bonchev–Trinajstić information content (AvgIpc) is 2.25. The Kier molecular flexibility index (Phi) is 5.39. The predicted octanol–water partition coefficient (Wildman–Crippen LogP) is 3.60. The van der Waals surface area contributed by atoms with Gasteiger partial charge in [-0.1, -0.05) is 40.8 Å². The second-order valence-electron chi connectivity index (χ2n) is 3.57. The number of rotatable bonds is 5. The Bertz CT molecular complexity index is 299. The van der Waals surface area contributed by atoms with Crippen LogP contribution in [0.2, 0.25) is 0 Å². The molecule has 0 aliphatic rings. The maximum Gasteiger partial charge on any atom is 0.124 e. The molecule has 15 heavy (non-hydrogen) atoms. The van der Waals surface area contributed by atoms with Crippen molar-refractivity contribution in [2.75, 3.05) is 11.5 Å². The van der Waals surface area contributed by atoms with Gasteiger partial charge in [0.25, 0.3) is 0 Å². The number of alkyl halides is 1. The highest BCUT2D eigenvalue weighted by Gasteiger charge is 2.16. The van der Waals surface area contributed by atoms with Gasteiger partial charge in [0.1, 0.15) is 5.75 Å². The molecule has 0 fully saturated rings. The zero-order valence-corrected chi connectivity index (χ0v) is 11.5. The third-order valence-corrected chi connectivity index (χ3v) is 2.86. The molecule has 0 saturated carbocycles. The molecule has 3 heteroatoms. The summed E-state index contributed by atoms with van der Waals surface area (Å²) in [5.41, 5.74) is 1.13. The van der Waals surface area contributed by atoms with Gasteiger partial charge in [0.2, 0.25) is 0 Å². The summed E-state index contributed by atoms with van der Waals surface area (Å²) in [5.74, 6) is 0.903. The summed E-state index contributed by atoms with van der Waals surface area (Å²) >= 11 is 2.34. The lowest BCUT2D eigenvalue weighted by Crippen LogP contribution is -2.12. The Hall–Kier alpha value is -0.290. The fourth-order valence-corrected chi connectivity index (χ4v) is 2.14. The van der Waals surface area contributed by atoms with Crippen LogP contribution in [0.4, 0.5) is 0 Å². The number of halogens is 1. The number of hydrogen-bond acceptors (Lipinski definition) is 2. The fourth-order valence-electron chi connectivity index (χ4n) is 1.45. The van der Waals surface area contributed by atoms with E-state index >= 15 is 0 Å². The fraction of sp³-hybridized carbons (Fsp3) is 0.500. The molecule has 0 N–H and O–H groups in total. The van der Waals surface area contributed by atoms with E-state index in [0.717, 1.165) is 15.7 Å². The number of para-hydroxylation sites is 1. The zero-order chi connectivity index (χ0) is 11.3. The molecule has 0 spiro atoms. The van der Waals surface area contributed by atoms with Crippen LogP contribution in [0.1, 0.15) is 25.5 Å². The summed E-state index contributed by atoms with van der Waals surface area (Å²) in [7, 11) is 1.69. The van der Waals surface area contributed by atoms with Crippen LogP contribution in [0.25, 0.3) is 0 Å². The van der Waals surface area contributed by atoms with Gasteiger partial charge in [-0.15, -0.1) is 0 Å². The molecule has 1 aromatic carbocycles. The van der Waals surface area contributed by atoms with Gasteiger partial charge in [0.05, 0.1) is 19.3 Å². The van der Waals surface area contributed by atoms with Gasteiger partial charge in [-0.3, -0.25) is 0 Å². The quantitative estimate of drug-likeness (QED) is 0.610. The van der Waals surface area contributed by atoms with Gasteiger partial charge in [-0.05, 0) is 19.9 Å². The number of hydrogen-bond donors (Lipinski definition) is 0. The second-order valence-corrected chi connectivity index (χ2v) is 4.45. The van der Waals surface area contributed by atoms with Crippen LogP contribution in [0, 0.1) is 0 Å². The van der Waals surface area contributed by atoms with E-state index in [-0.39, 0.29) is 12.2 Å². The topological polar surface area (TPSA) is 18.5 Å². The lowest BCUT2D eigenvalue weighted by molar-refractivity contribution is 0.0211. The predicted molar refractivity (Wildman–Crippen MR) is 70.8 cm³/mol. The van der Waals surface area contributed by atoms with Crippen molar-refractivity contribution in [3.05, 3.63) is 29.8 Å². The molecule has 0 amide bonds. The smallest absolute Gasteiger partial charge is 0.124 e. The Morgan fingerprint density at radius 2 is 1.93 bits per heavy atom. The largest absolute Gasteiger partial charge is 0.496 e. The Labute approximate surface area is 105 Å². The normalized spacial score (nSPS) is 12.9. The molecule has 0 aliphatic carbocycles. The summed E-state index contributed by atoms with van der Waals surface area (Å²) in [4.78, 5) is 0. The van der Waals surface area contributed by atoms with Crippen LogP contribution >= 0.6 is 22.6 Å². The molecule has 0 aliphatic heterocycles. The lowest BCUT2D eigenvalue weighted by atomic mass is 10.1. The van der Waals surface area contributed by atoms with Crippen LogP contribution in [0.5, 0.6) is 5.75 Å². The average molecular weight is 320 g/mol. The van der Waals surface area contributed by atoms with E-state index < -0.39 is 0 Å². The molecule has 1 rings (SSSR count). The molecule has 0 aromatic heterocycles. The zero-order valence-electron chi connectivity index (χ0n) is 9.37. The van der Waals surface area contributed by atoms with Gasteiger partial charge in [0, 0.05) is 9.99 Å². The molecule has 0 radical (unpaired) electrons. The third-order valence-electron chi connectivity index (χ3n) is 2.06. The molecule has 84 valence electrons. The number of ether oxygens (including phenoxy) is 2. The molecule has 0 saturated heterocycles. The first-order valence-electron chi connectivity index (χ1n) is 5.03. The van der Waals surface area contributed by atoms with E-state index in [4.69, 9.17) is 9.47 Å². The molecule has 2 nitrogen and oxygen atoms in total. The van der Waals surface area contributed by atoms with E-state index in [1.807, 2.05) is 18.2 Å². The summed E-state index contributed by atoms with van der Waals surface area (Å²) in [6, 6.07) is 8.02. The second kappa shape index (κ2) is 6.33. The van der Waals surface area contributed by atoms with Crippen molar-refractivity contribution < 1.29 is 9.47 Å². The number of benzene rings is 1. The van der Waals surface area contributed by atoms with E-state index in [0.29, 0.717) is 0 Å². The van der Waals surface area contributed by atoms with Crippen LogP contribution in [-0.4, -0.2) is 17.6 Å². The van der Waals surface area contributed by atoms with Crippen LogP contribution in [-0.2, 0) is 4.74 Å². The summed E-state index contributed by atoms with van der Waals surface area (Å²) in [6.07, 6.45) is 0.344. The summed E-state index contributed by atoms with van der Waals surface area (Å²) in [5, 5.41) is 0. The van der Waals surface area contributed by atoms with Gasteiger partial charge < -0.3 is 9.47 Å². The number of methoxy groups -OCH3 is 1. The first-order valence-corrected chi connectivity index (χ1v) is 6.56. The Balaban J connectivity index is 2.90. The first kappa shape index (κ1) is 12.8. The van der Waals surface area contributed by atoms with Gasteiger partial charge in [-0.25, -0.2) is 0 Å². The third kappa shape index (κ3) is 3.65. The minimum absolute atomic E-state index is 0.113. The van der Waals surface area contributed by atoms with Gasteiger partial charge >= 0.3 is 0 Å². The van der Waals surface area contributed by atoms with Crippen LogP contribution in [0.15, 0.2) is 24.3 Å². The SMILES string of the molecule is COc1ccccc1C(CI)OC(C)C. The van der Waals surface area contributed by atoms with E-state index in [1.165, 1.54) is 0 Å². The van der Waals surface area contributed by atoms with Crippen molar-refractivity contribution in [1.29, 1.82) is 0 Å². The highest BCUT2D eigenvalue weighted by atomic mass is 127.